The fourth-order valence-corrected chi connectivity index (χ4v) is 4.74. The summed E-state index contributed by atoms with van der Waals surface area (Å²) in [4.78, 5) is 41.7. The van der Waals surface area contributed by atoms with Crippen molar-refractivity contribution < 1.29 is 14.3 Å². The first-order chi connectivity index (χ1) is 13.5. The Hall–Kier alpha value is -2.95. The van der Waals surface area contributed by atoms with E-state index in [0.717, 1.165) is 29.3 Å². The molecule has 2 aliphatic carbocycles. The third kappa shape index (κ3) is 2.49. The van der Waals surface area contributed by atoms with Crippen LogP contribution in [0.3, 0.4) is 0 Å². The van der Waals surface area contributed by atoms with Gasteiger partial charge in [-0.25, -0.2) is 0 Å². The number of fused-ring (bicyclic) bond motifs is 1. The van der Waals surface area contributed by atoms with E-state index in [1.807, 2.05) is 31.2 Å². The van der Waals surface area contributed by atoms with Gasteiger partial charge >= 0.3 is 0 Å². The summed E-state index contributed by atoms with van der Waals surface area (Å²) in [5, 5.41) is 0.900. The second kappa shape index (κ2) is 6.30. The lowest BCUT2D eigenvalue weighted by Gasteiger charge is -2.35. The highest BCUT2D eigenvalue weighted by molar-refractivity contribution is 6.06. The number of aromatic amines is 1. The molecule has 1 aromatic heterocycles. The lowest BCUT2D eigenvalue weighted by atomic mass is 9.73. The lowest BCUT2D eigenvalue weighted by Crippen LogP contribution is -2.33. The van der Waals surface area contributed by atoms with E-state index >= 15 is 0 Å². The Labute approximate surface area is 162 Å². The van der Waals surface area contributed by atoms with Crippen LogP contribution >= 0.6 is 0 Å². The van der Waals surface area contributed by atoms with Crippen LogP contribution in [0.5, 0.6) is 0 Å². The molecule has 5 rings (SSSR count). The second-order valence-corrected chi connectivity index (χ2v) is 7.86. The maximum Gasteiger partial charge on any atom is 0.252 e. The maximum absolute atomic E-state index is 13.1. The number of hydrogen-bond donors (Lipinski definition) is 1. The van der Waals surface area contributed by atoms with Crippen LogP contribution in [0.4, 0.5) is 0 Å². The highest BCUT2D eigenvalue weighted by Crippen LogP contribution is 2.47. The molecule has 1 aliphatic heterocycles. The zero-order valence-electron chi connectivity index (χ0n) is 15.8. The van der Waals surface area contributed by atoms with Crippen LogP contribution in [0, 0.1) is 6.92 Å². The molecule has 0 amide bonds. The number of allylic oxidation sites excluding steroid dienone is 4. The summed E-state index contributed by atoms with van der Waals surface area (Å²) in [5.41, 5.74) is 3.01. The van der Waals surface area contributed by atoms with Crippen LogP contribution in [0.2, 0.25) is 0 Å². The van der Waals surface area contributed by atoms with Crippen LogP contribution < -0.4 is 5.56 Å². The highest BCUT2D eigenvalue weighted by atomic mass is 16.5. The molecule has 0 unspecified atom stereocenters. The standard InChI is InChI=1S/C23H21NO4/c1-12-5-2-6-13-11-14(23(27)24-22(12)13)19-20-15(25)7-3-9-17(20)28-18-10-4-8-16(26)21(18)19/h2,5-6,11,19H,3-4,7-10H2,1H3,(H,24,27). The summed E-state index contributed by atoms with van der Waals surface area (Å²) in [7, 11) is 0. The number of ether oxygens (including phenoxy) is 1. The Morgan fingerprint density at radius 3 is 2.21 bits per heavy atom. The summed E-state index contributed by atoms with van der Waals surface area (Å²) in [5.74, 6) is 0.657. The number of carbonyl (C=O) groups excluding carboxylic acids is 2. The third-order valence-corrected chi connectivity index (χ3v) is 6.07. The van der Waals surface area contributed by atoms with Gasteiger partial charge in [0.2, 0.25) is 0 Å². The monoisotopic (exact) mass is 375 g/mol. The zero-order chi connectivity index (χ0) is 19.4. The molecule has 3 aliphatic rings. The van der Waals surface area contributed by atoms with E-state index in [1.54, 1.807) is 0 Å². The van der Waals surface area contributed by atoms with Crippen LogP contribution in [-0.4, -0.2) is 16.6 Å². The molecular formula is C23H21NO4. The van der Waals surface area contributed by atoms with Crippen LogP contribution in [-0.2, 0) is 14.3 Å². The quantitative estimate of drug-likeness (QED) is 0.818. The minimum Gasteiger partial charge on any atom is -0.465 e. The van der Waals surface area contributed by atoms with Gasteiger partial charge in [-0.1, -0.05) is 18.2 Å². The summed E-state index contributed by atoms with van der Waals surface area (Å²) in [6.07, 6.45) is 3.70. The number of hydrogen-bond acceptors (Lipinski definition) is 4. The number of aromatic nitrogens is 1. The first-order valence-corrected chi connectivity index (χ1v) is 9.87. The molecule has 28 heavy (non-hydrogen) atoms. The molecule has 5 nitrogen and oxygen atoms in total. The number of Topliss-reactive ketones (excluding diaryl/α,β-unsaturated/α-hetero) is 2. The van der Waals surface area contributed by atoms with Crippen LogP contribution in [0.1, 0.15) is 55.6 Å². The SMILES string of the molecule is Cc1cccc2cc(C3C4=C(CCCC4=O)OC4=C3C(=O)CCC4)c(=O)[nH]c12. The number of pyridine rings is 1. The van der Waals surface area contributed by atoms with Gasteiger partial charge in [-0.15, -0.1) is 0 Å². The average molecular weight is 375 g/mol. The van der Waals surface area contributed by atoms with E-state index < -0.39 is 5.92 Å². The Morgan fingerprint density at radius 2 is 1.57 bits per heavy atom. The van der Waals surface area contributed by atoms with Crippen LogP contribution in [0.15, 0.2) is 51.7 Å². The van der Waals surface area contributed by atoms with E-state index in [4.69, 9.17) is 4.74 Å². The molecule has 0 spiro atoms. The number of nitrogens with one attached hydrogen (secondary N) is 1. The lowest BCUT2D eigenvalue weighted by molar-refractivity contribution is -0.117. The molecule has 142 valence electrons. The molecule has 0 bridgehead atoms. The van der Waals surface area contributed by atoms with Crippen molar-refractivity contribution in [1.82, 2.24) is 4.98 Å². The smallest absolute Gasteiger partial charge is 0.252 e. The first kappa shape index (κ1) is 17.2. The minimum absolute atomic E-state index is 0.0140. The fourth-order valence-electron chi connectivity index (χ4n) is 4.74. The molecule has 0 fully saturated rings. The molecule has 2 aromatic rings. The molecule has 0 radical (unpaired) electrons. The third-order valence-electron chi connectivity index (χ3n) is 6.07. The summed E-state index contributed by atoms with van der Waals surface area (Å²) < 4.78 is 6.04. The van der Waals surface area contributed by atoms with Crippen molar-refractivity contribution >= 4 is 22.5 Å². The van der Waals surface area contributed by atoms with Gasteiger partial charge in [0.25, 0.3) is 5.56 Å². The number of ketones is 2. The Morgan fingerprint density at radius 1 is 0.929 bits per heavy atom. The topological polar surface area (TPSA) is 76.2 Å². The van der Waals surface area contributed by atoms with Crippen molar-refractivity contribution in [3.63, 3.8) is 0 Å². The van der Waals surface area contributed by atoms with Gasteiger partial charge in [0.15, 0.2) is 11.6 Å². The fraction of sp³-hybridized carbons (Fsp3) is 0.348. The van der Waals surface area contributed by atoms with Gasteiger partial charge in [0, 0.05) is 42.4 Å². The first-order valence-electron chi connectivity index (χ1n) is 9.87. The molecular weight excluding hydrogens is 354 g/mol. The summed E-state index contributed by atoms with van der Waals surface area (Å²) in [6, 6.07) is 7.67. The van der Waals surface area contributed by atoms with E-state index in [0.29, 0.717) is 53.9 Å². The number of para-hydroxylation sites is 1. The van der Waals surface area contributed by atoms with Gasteiger partial charge in [0.05, 0.1) is 11.4 Å². The van der Waals surface area contributed by atoms with E-state index in [-0.39, 0.29) is 17.1 Å². The predicted molar refractivity (Wildman–Crippen MR) is 105 cm³/mol. The molecule has 0 saturated carbocycles. The van der Waals surface area contributed by atoms with Crippen molar-refractivity contribution in [2.24, 2.45) is 0 Å². The van der Waals surface area contributed by atoms with Crippen molar-refractivity contribution in [3.8, 4) is 0 Å². The van der Waals surface area contributed by atoms with Crippen molar-refractivity contribution in [2.75, 3.05) is 0 Å². The Kier molecular flexibility index (Phi) is 3.86. The van der Waals surface area contributed by atoms with Gasteiger partial charge in [-0.05, 0) is 36.8 Å². The number of rotatable bonds is 1. The molecule has 1 aromatic carbocycles. The van der Waals surface area contributed by atoms with Gasteiger partial charge < -0.3 is 9.72 Å². The molecule has 5 heteroatoms. The van der Waals surface area contributed by atoms with E-state index in [9.17, 15) is 14.4 Å². The molecule has 2 heterocycles. The normalized spacial score (nSPS) is 20.3. The number of benzene rings is 1. The van der Waals surface area contributed by atoms with Crippen molar-refractivity contribution in [2.45, 2.75) is 51.4 Å². The average Bonchev–Trinajstić information content (AvgIpc) is 2.67. The molecule has 0 atom stereocenters. The number of carbonyl (C=O) groups is 2. The van der Waals surface area contributed by atoms with Gasteiger partial charge in [0.1, 0.15) is 11.5 Å². The van der Waals surface area contributed by atoms with Gasteiger partial charge in [-0.2, -0.15) is 0 Å². The number of H-pyrrole nitrogens is 1. The maximum atomic E-state index is 13.1. The Balaban J connectivity index is 1.79. The van der Waals surface area contributed by atoms with Crippen LogP contribution in [0.25, 0.3) is 10.9 Å². The zero-order valence-corrected chi connectivity index (χ0v) is 15.8. The van der Waals surface area contributed by atoms with Crippen molar-refractivity contribution in [3.05, 3.63) is 68.4 Å². The van der Waals surface area contributed by atoms with Crippen molar-refractivity contribution in [1.29, 1.82) is 0 Å². The Bertz CT molecular complexity index is 1120. The predicted octanol–water partition coefficient (Wildman–Crippen LogP) is 3.96. The number of aryl methyl sites for hydroxylation is 1. The van der Waals surface area contributed by atoms with E-state index in [2.05, 4.69) is 4.98 Å². The molecule has 0 saturated heterocycles. The highest BCUT2D eigenvalue weighted by Gasteiger charge is 2.42. The van der Waals surface area contributed by atoms with E-state index in [1.165, 1.54) is 0 Å². The minimum atomic E-state index is -0.618. The second-order valence-electron chi connectivity index (χ2n) is 7.86. The largest absolute Gasteiger partial charge is 0.465 e. The summed E-state index contributed by atoms with van der Waals surface area (Å²) >= 11 is 0. The molecule has 1 N–H and O–H groups in total. The van der Waals surface area contributed by atoms with Gasteiger partial charge in [-0.3, -0.25) is 14.4 Å². The summed E-state index contributed by atoms with van der Waals surface area (Å²) in [6.45, 7) is 1.95.